The number of aromatic nitrogens is 1. The Labute approximate surface area is 219 Å². The molecule has 0 spiro atoms. The van der Waals surface area contributed by atoms with E-state index in [1.54, 1.807) is 24.3 Å². The van der Waals surface area contributed by atoms with Crippen LogP contribution < -0.4 is 15.4 Å². The highest BCUT2D eigenvalue weighted by molar-refractivity contribution is 14.2. The maximum absolute atomic E-state index is 14.1. The van der Waals surface area contributed by atoms with Crippen LogP contribution in [0.3, 0.4) is 0 Å². The third kappa shape index (κ3) is 8.48. The fourth-order valence-electron chi connectivity index (χ4n) is 4.01. The van der Waals surface area contributed by atoms with Crippen molar-refractivity contribution >= 4 is 39.4 Å². The second-order valence-corrected chi connectivity index (χ2v) is 10.3. The highest BCUT2D eigenvalue weighted by Crippen LogP contribution is 2.35. The molecule has 0 aliphatic carbocycles. The zero-order chi connectivity index (χ0) is 25.1. The number of unbranched alkanes of at least 4 members (excludes halogenated alkanes) is 3. The van der Waals surface area contributed by atoms with Crippen molar-refractivity contribution in [1.29, 1.82) is 0 Å². The number of hydrogen-bond donors (Lipinski definition) is 2. The van der Waals surface area contributed by atoms with E-state index in [1.165, 1.54) is 12.1 Å². The topological polar surface area (TPSA) is 63.4 Å². The highest BCUT2D eigenvalue weighted by atomic mass is 127. The van der Waals surface area contributed by atoms with Gasteiger partial charge in [0, 0.05) is 30.2 Å². The largest absolute Gasteiger partial charge is 0.464 e. The van der Waals surface area contributed by atoms with Crippen molar-refractivity contribution < 1.29 is 18.0 Å². The Morgan fingerprint density at radius 2 is 1.83 bits per heavy atom. The third-order valence-corrected chi connectivity index (χ3v) is 6.85. The summed E-state index contributed by atoms with van der Waals surface area (Å²) in [6.07, 6.45) is 3.76. The predicted molar refractivity (Wildman–Crippen MR) is 148 cm³/mol. The van der Waals surface area contributed by atoms with Gasteiger partial charge in [-0.3, -0.25) is 4.79 Å². The number of hydrogen-bond acceptors (Lipinski definition) is 4. The van der Waals surface area contributed by atoms with Gasteiger partial charge < -0.3 is 19.6 Å². The first-order valence-corrected chi connectivity index (χ1v) is 15.8. The molecule has 9 heteroatoms. The summed E-state index contributed by atoms with van der Waals surface area (Å²) in [7, 11) is 0. The molecule has 1 unspecified atom stereocenters. The van der Waals surface area contributed by atoms with E-state index in [2.05, 4.69) is 45.3 Å². The smallest absolute Gasteiger partial charge is 0.296 e. The Morgan fingerprint density at radius 1 is 1.06 bits per heavy atom. The number of aromatic amines is 1. The van der Waals surface area contributed by atoms with Crippen LogP contribution in [0.4, 0.5) is 8.78 Å². The van der Waals surface area contributed by atoms with Crippen LogP contribution in [0.5, 0.6) is 5.75 Å². The van der Waals surface area contributed by atoms with Gasteiger partial charge in [-0.15, -0.1) is 0 Å². The zero-order valence-electron chi connectivity index (χ0n) is 19.8. The molecule has 0 aliphatic rings. The standard InChI is InChI=1S/C26H32F2IN2O3P/c1-19(21-11-13-23(34-35-29)25-22(21)12-14-24(32)31-25)17-30-15-7-2-3-8-16-33-18-26(27,28)20-9-5-4-6-10-20/h4-6,9-14,19,30,35H,2-3,7-8,15-18H2,1H3,(H,31,32)/t19-/m0/s1. The average molecular weight is 616 g/mol. The first kappa shape index (κ1) is 28.0. The Bertz CT molecular complexity index is 1110. The molecule has 5 nitrogen and oxygen atoms in total. The monoisotopic (exact) mass is 616 g/mol. The lowest BCUT2D eigenvalue weighted by Crippen LogP contribution is -2.22. The molecule has 0 saturated carbocycles. The second kappa shape index (κ2) is 14.2. The van der Waals surface area contributed by atoms with Crippen LogP contribution in [0, 0.1) is 0 Å². The molecule has 2 atom stereocenters. The highest BCUT2D eigenvalue weighted by Gasteiger charge is 2.31. The summed E-state index contributed by atoms with van der Waals surface area (Å²) in [4.78, 5) is 14.7. The number of rotatable bonds is 15. The molecule has 2 N–H and O–H groups in total. The minimum absolute atomic E-state index is 0.00756. The summed E-state index contributed by atoms with van der Waals surface area (Å²) >= 11 is 2.16. The lowest BCUT2D eigenvalue weighted by molar-refractivity contribution is -0.0831. The normalized spacial score (nSPS) is 13.0. The van der Waals surface area contributed by atoms with E-state index in [0.29, 0.717) is 12.4 Å². The molecule has 2 aromatic carbocycles. The van der Waals surface area contributed by atoms with Gasteiger partial charge in [0.2, 0.25) is 5.56 Å². The van der Waals surface area contributed by atoms with Crippen molar-refractivity contribution in [2.45, 2.75) is 44.4 Å². The lowest BCUT2D eigenvalue weighted by Gasteiger charge is -2.17. The Morgan fingerprint density at radius 3 is 2.60 bits per heavy atom. The first-order chi connectivity index (χ1) is 16.9. The molecule has 0 amide bonds. The third-order valence-electron chi connectivity index (χ3n) is 5.89. The van der Waals surface area contributed by atoms with E-state index in [9.17, 15) is 13.6 Å². The summed E-state index contributed by atoms with van der Waals surface area (Å²) in [5, 5.41) is 4.51. The summed E-state index contributed by atoms with van der Waals surface area (Å²) < 4.78 is 39.0. The van der Waals surface area contributed by atoms with Crippen molar-refractivity contribution in [3.8, 4) is 5.75 Å². The molecule has 0 saturated heterocycles. The fourth-order valence-corrected chi connectivity index (χ4v) is 4.97. The molecule has 3 aromatic rings. The fraction of sp³-hybridized carbons (Fsp3) is 0.423. The summed E-state index contributed by atoms with van der Waals surface area (Å²) in [6.45, 7) is 3.91. The van der Waals surface area contributed by atoms with Crippen LogP contribution in [-0.4, -0.2) is 31.3 Å². The minimum Gasteiger partial charge on any atom is -0.464 e. The summed E-state index contributed by atoms with van der Waals surface area (Å²) in [6, 6.07) is 15.2. The quantitative estimate of drug-likeness (QED) is 0.111. The molecule has 0 fully saturated rings. The molecule has 0 aliphatic heterocycles. The molecular weight excluding hydrogens is 584 g/mol. The number of pyridine rings is 1. The number of alkyl halides is 2. The summed E-state index contributed by atoms with van der Waals surface area (Å²) in [5.41, 5.74) is 1.76. The van der Waals surface area contributed by atoms with Crippen LogP contribution >= 0.6 is 28.5 Å². The van der Waals surface area contributed by atoms with Gasteiger partial charge in [-0.05, 0) is 65.0 Å². The van der Waals surface area contributed by atoms with Gasteiger partial charge in [-0.2, -0.15) is 8.78 Å². The van der Waals surface area contributed by atoms with Crippen molar-refractivity contribution in [1.82, 2.24) is 10.3 Å². The van der Waals surface area contributed by atoms with Gasteiger partial charge in [0.1, 0.15) is 18.8 Å². The van der Waals surface area contributed by atoms with Crippen molar-refractivity contribution in [3.63, 3.8) is 0 Å². The second-order valence-electron chi connectivity index (χ2n) is 8.59. The predicted octanol–water partition coefficient (Wildman–Crippen LogP) is 6.91. The number of nitrogens with one attached hydrogen (secondary N) is 2. The van der Waals surface area contributed by atoms with Gasteiger partial charge in [0.15, 0.2) is 0 Å². The maximum Gasteiger partial charge on any atom is 0.296 e. The van der Waals surface area contributed by atoms with Crippen LogP contribution in [0.15, 0.2) is 59.4 Å². The number of H-pyrrole nitrogens is 1. The van der Waals surface area contributed by atoms with Crippen molar-refractivity contribution in [2.24, 2.45) is 0 Å². The molecule has 35 heavy (non-hydrogen) atoms. The van der Waals surface area contributed by atoms with E-state index < -0.39 is 12.5 Å². The average Bonchev–Trinajstić information content (AvgIpc) is 2.86. The van der Waals surface area contributed by atoms with E-state index >= 15 is 0 Å². The number of ether oxygens (including phenoxy) is 1. The molecule has 3 rings (SSSR count). The zero-order valence-corrected chi connectivity index (χ0v) is 22.9. The van der Waals surface area contributed by atoms with E-state index in [4.69, 9.17) is 9.26 Å². The van der Waals surface area contributed by atoms with Crippen molar-refractivity contribution in [3.05, 3.63) is 76.1 Å². The number of benzene rings is 2. The molecule has 190 valence electrons. The summed E-state index contributed by atoms with van der Waals surface area (Å²) in [5.74, 6) is -1.99. The number of halogens is 3. The van der Waals surface area contributed by atoms with E-state index in [1.807, 2.05) is 12.1 Å². The van der Waals surface area contributed by atoms with E-state index in [0.717, 1.165) is 55.2 Å². The molecular formula is C26H32F2IN2O3P. The Balaban J connectivity index is 1.33. The Hall–Kier alpha value is -1.61. The van der Waals surface area contributed by atoms with Gasteiger partial charge in [-0.1, -0.05) is 56.2 Å². The number of fused-ring (bicyclic) bond motifs is 1. The maximum atomic E-state index is 14.1. The Kier molecular flexibility index (Phi) is 11.4. The van der Waals surface area contributed by atoms with Gasteiger partial charge in [0.05, 0.1) is 5.52 Å². The van der Waals surface area contributed by atoms with Gasteiger partial charge in [0.25, 0.3) is 5.92 Å². The molecule has 0 bridgehead atoms. The van der Waals surface area contributed by atoms with Crippen LogP contribution in [0.1, 0.15) is 49.7 Å². The van der Waals surface area contributed by atoms with Crippen LogP contribution in [-0.2, 0) is 10.7 Å². The van der Waals surface area contributed by atoms with Gasteiger partial charge >= 0.3 is 0 Å². The lowest BCUT2D eigenvalue weighted by atomic mass is 9.96. The SMILES string of the molecule is C[C@@H](CNCCCCCCOCC(F)(F)c1ccccc1)c1ccc(OPI)c2[nH]c(=O)ccc12. The van der Waals surface area contributed by atoms with Gasteiger partial charge in [-0.25, -0.2) is 0 Å². The minimum atomic E-state index is -2.95. The molecule has 1 heterocycles. The molecule has 0 radical (unpaired) electrons. The van der Waals surface area contributed by atoms with Crippen molar-refractivity contribution in [2.75, 3.05) is 26.3 Å². The van der Waals surface area contributed by atoms with Crippen LogP contribution in [0.25, 0.3) is 10.9 Å². The first-order valence-electron chi connectivity index (χ1n) is 11.8. The van der Waals surface area contributed by atoms with E-state index in [-0.39, 0.29) is 23.5 Å². The molecule has 1 aromatic heterocycles. The van der Waals surface area contributed by atoms with Crippen LogP contribution in [0.2, 0.25) is 0 Å².